The highest BCUT2D eigenvalue weighted by molar-refractivity contribution is 5.77. The molecule has 1 aliphatic carbocycles. The van der Waals surface area contributed by atoms with Crippen LogP contribution in [0.5, 0.6) is 0 Å². The normalized spacial score (nSPS) is 30.9. The third-order valence-electron chi connectivity index (χ3n) is 3.43. The van der Waals surface area contributed by atoms with Crippen LogP contribution in [0.4, 0.5) is 0 Å². The Kier molecular flexibility index (Phi) is 2.87. The van der Waals surface area contributed by atoms with Crippen molar-refractivity contribution in [1.29, 1.82) is 0 Å². The highest BCUT2D eigenvalue weighted by atomic mass is 16.5. The SMILES string of the molecule is COC(=O)[C@H]1[C@H](C(O)C(C)(C)O)C1(C)C. The first kappa shape index (κ1) is 12.5. The van der Waals surface area contributed by atoms with Crippen LogP contribution in [0.25, 0.3) is 0 Å². The topological polar surface area (TPSA) is 66.8 Å². The second kappa shape index (κ2) is 3.46. The quantitative estimate of drug-likeness (QED) is 0.677. The maximum atomic E-state index is 11.4. The number of hydrogen-bond donors (Lipinski definition) is 2. The molecule has 0 amide bonds. The molecule has 0 aromatic carbocycles. The molecule has 0 radical (unpaired) electrons. The number of rotatable bonds is 3. The number of carbonyl (C=O) groups is 1. The molecule has 4 nitrogen and oxygen atoms in total. The Morgan fingerprint density at radius 1 is 1.47 bits per heavy atom. The standard InChI is InChI=1S/C11H20O4/c1-10(2)6(7(10)9(13)15-5)8(12)11(3,4)14/h6-8,12,14H,1-5H3/t6-,7-,8?/m1/s1. The molecule has 0 aliphatic heterocycles. The Morgan fingerprint density at radius 2 is 1.93 bits per heavy atom. The van der Waals surface area contributed by atoms with Crippen molar-refractivity contribution in [3.05, 3.63) is 0 Å². The zero-order chi connectivity index (χ0) is 12.0. The van der Waals surface area contributed by atoms with E-state index in [2.05, 4.69) is 4.74 Å². The second-order valence-corrected chi connectivity index (χ2v) is 5.45. The smallest absolute Gasteiger partial charge is 0.309 e. The highest BCUT2D eigenvalue weighted by Gasteiger charge is 2.67. The molecule has 3 atom stereocenters. The van der Waals surface area contributed by atoms with E-state index in [-0.39, 0.29) is 23.2 Å². The molecule has 1 rings (SSSR count). The summed E-state index contributed by atoms with van der Waals surface area (Å²) in [4.78, 5) is 11.4. The summed E-state index contributed by atoms with van der Waals surface area (Å²) in [6.07, 6.45) is -0.906. The molecular formula is C11H20O4. The Labute approximate surface area is 90.2 Å². The Hall–Kier alpha value is -0.610. The molecule has 1 unspecified atom stereocenters. The van der Waals surface area contributed by atoms with Gasteiger partial charge in [0.25, 0.3) is 0 Å². The predicted molar refractivity (Wildman–Crippen MR) is 55.1 cm³/mol. The minimum absolute atomic E-state index is 0.232. The minimum atomic E-state index is -1.19. The molecule has 0 aromatic heterocycles. The Balaban J connectivity index is 2.79. The number of hydrogen-bond acceptors (Lipinski definition) is 4. The summed E-state index contributed by atoms with van der Waals surface area (Å²) in [6, 6.07) is 0. The van der Waals surface area contributed by atoms with Crippen LogP contribution in [0.3, 0.4) is 0 Å². The molecule has 88 valence electrons. The van der Waals surface area contributed by atoms with Gasteiger partial charge in [-0.15, -0.1) is 0 Å². The van der Waals surface area contributed by atoms with Gasteiger partial charge < -0.3 is 14.9 Å². The number of aliphatic hydroxyl groups is 2. The molecule has 1 fully saturated rings. The molecule has 2 N–H and O–H groups in total. The van der Waals surface area contributed by atoms with Crippen LogP contribution >= 0.6 is 0 Å². The lowest BCUT2D eigenvalue weighted by Gasteiger charge is -2.25. The summed E-state index contributed by atoms with van der Waals surface area (Å²) in [7, 11) is 1.34. The molecule has 0 saturated heterocycles. The number of methoxy groups -OCH3 is 1. The number of esters is 1. The lowest BCUT2D eigenvalue weighted by atomic mass is 9.93. The van der Waals surface area contributed by atoms with E-state index in [1.807, 2.05) is 13.8 Å². The van der Waals surface area contributed by atoms with Gasteiger partial charge in [0, 0.05) is 5.92 Å². The first-order valence-corrected chi connectivity index (χ1v) is 5.12. The van der Waals surface area contributed by atoms with E-state index in [1.165, 1.54) is 7.11 Å². The maximum Gasteiger partial charge on any atom is 0.309 e. The van der Waals surface area contributed by atoms with Crippen molar-refractivity contribution in [2.75, 3.05) is 7.11 Å². The molecule has 1 saturated carbocycles. The largest absolute Gasteiger partial charge is 0.469 e. The predicted octanol–water partition coefficient (Wildman–Crippen LogP) is 0.563. The van der Waals surface area contributed by atoms with Gasteiger partial charge in [-0.3, -0.25) is 4.79 Å². The van der Waals surface area contributed by atoms with Crippen LogP contribution in [0, 0.1) is 17.3 Å². The van der Waals surface area contributed by atoms with Crippen molar-refractivity contribution >= 4 is 5.97 Å². The molecule has 0 aromatic rings. The van der Waals surface area contributed by atoms with E-state index in [1.54, 1.807) is 13.8 Å². The summed E-state index contributed by atoms with van der Waals surface area (Å²) in [5, 5.41) is 19.6. The van der Waals surface area contributed by atoms with Crippen molar-refractivity contribution < 1.29 is 19.7 Å². The molecule has 0 bridgehead atoms. The molecule has 0 heterocycles. The fourth-order valence-corrected chi connectivity index (χ4v) is 2.28. The van der Waals surface area contributed by atoms with Crippen LogP contribution in [0.2, 0.25) is 0 Å². The van der Waals surface area contributed by atoms with Gasteiger partial charge in [-0.2, -0.15) is 0 Å². The summed E-state index contributed by atoms with van der Waals surface area (Å²) < 4.78 is 4.67. The van der Waals surface area contributed by atoms with E-state index in [0.29, 0.717) is 0 Å². The fraction of sp³-hybridized carbons (Fsp3) is 0.909. The molecule has 1 aliphatic rings. The average molecular weight is 216 g/mol. The van der Waals surface area contributed by atoms with Gasteiger partial charge in [-0.1, -0.05) is 13.8 Å². The fourth-order valence-electron chi connectivity index (χ4n) is 2.28. The van der Waals surface area contributed by atoms with E-state index in [9.17, 15) is 15.0 Å². The van der Waals surface area contributed by atoms with E-state index < -0.39 is 11.7 Å². The first-order valence-electron chi connectivity index (χ1n) is 5.12. The third-order valence-corrected chi connectivity index (χ3v) is 3.43. The van der Waals surface area contributed by atoms with E-state index in [0.717, 1.165) is 0 Å². The van der Waals surface area contributed by atoms with Gasteiger partial charge in [0.05, 0.1) is 24.7 Å². The first-order chi connectivity index (χ1) is 6.64. The average Bonchev–Trinajstić information content (AvgIpc) is 2.64. The van der Waals surface area contributed by atoms with Crippen molar-refractivity contribution in [3.8, 4) is 0 Å². The monoisotopic (exact) mass is 216 g/mol. The van der Waals surface area contributed by atoms with Gasteiger partial charge in [-0.05, 0) is 19.3 Å². The van der Waals surface area contributed by atoms with Gasteiger partial charge in [0.2, 0.25) is 0 Å². The van der Waals surface area contributed by atoms with Crippen LogP contribution in [0.15, 0.2) is 0 Å². The second-order valence-electron chi connectivity index (χ2n) is 5.45. The van der Waals surface area contributed by atoms with Crippen LogP contribution < -0.4 is 0 Å². The maximum absolute atomic E-state index is 11.4. The zero-order valence-corrected chi connectivity index (χ0v) is 9.94. The molecule has 0 spiro atoms. The zero-order valence-electron chi connectivity index (χ0n) is 9.94. The van der Waals surface area contributed by atoms with E-state index >= 15 is 0 Å². The lowest BCUT2D eigenvalue weighted by Crippen LogP contribution is -2.39. The summed E-state index contributed by atoms with van der Waals surface area (Å²) in [6.45, 7) is 6.88. The van der Waals surface area contributed by atoms with Crippen molar-refractivity contribution in [1.82, 2.24) is 0 Å². The van der Waals surface area contributed by atoms with Gasteiger partial charge in [-0.25, -0.2) is 0 Å². The van der Waals surface area contributed by atoms with Crippen LogP contribution in [-0.2, 0) is 9.53 Å². The molecule has 15 heavy (non-hydrogen) atoms. The van der Waals surface area contributed by atoms with Crippen LogP contribution in [0.1, 0.15) is 27.7 Å². The Morgan fingerprint density at radius 3 is 2.27 bits per heavy atom. The summed E-state index contributed by atoms with van der Waals surface area (Å²) >= 11 is 0. The number of carbonyl (C=O) groups excluding carboxylic acids is 1. The van der Waals surface area contributed by atoms with Crippen LogP contribution in [-0.4, -0.2) is 35.0 Å². The lowest BCUT2D eigenvalue weighted by molar-refractivity contribution is -0.144. The number of aliphatic hydroxyl groups excluding tert-OH is 1. The number of ether oxygens (including phenoxy) is 1. The minimum Gasteiger partial charge on any atom is -0.469 e. The van der Waals surface area contributed by atoms with Gasteiger partial charge >= 0.3 is 5.97 Å². The van der Waals surface area contributed by atoms with Gasteiger partial charge in [0.15, 0.2) is 0 Å². The summed E-state index contributed by atoms with van der Waals surface area (Å²) in [5.74, 6) is -0.859. The highest BCUT2D eigenvalue weighted by Crippen LogP contribution is 2.61. The van der Waals surface area contributed by atoms with E-state index in [4.69, 9.17) is 0 Å². The Bertz CT molecular complexity index is 264. The van der Waals surface area contributed by atoms with Gasteiger partial charge in [0.1, 0.15) is 0 Å². The van der Waals surface area contributed by atoms with Crippen molar-refractivity contribution in [2.24, 2.45) is 17.3 Å². The van der Waals surface area contributed by atoms with Crippen molar-refractivity contribution in [3.63, 3.8) is 0 Å². The molecule has 4 heteroatoms. The summed E-state index contributed by atoms with van der Waals surface area (Å²) in [5.41, 5.74) is -1.49. The third kappa shape index (κ3) is 2.01. The molecular weight excluding hydrogens is 196 g/mol. The van der Waals surface area contributed by atoms with Crippen molar-refractivity contribution in [2.45, 2.75) is 39.4 Å².